The number of nitrogens with zero attached hydrogens (tertiary/aromatic N) is 1. The van der Waals surface area contributed by atoms with Gasteiger partial charge in [0.15, 0.2) is 5.16 Å². The number of aromatic nitrogens is 2. The third-order valence-electron chi connectivity index (χ3n) is 4.56. The minimum absolute atomic E-state index is 0.143. The topological polar surface area (TPSA) is 76.0 Å². The van der Waals surface area contributed by atoms with Crippen molar-refractivity contribution in [2.75, 3.05) is 0 Å². The van der Waals surface area contributed by atoms with E-state index >= 15 is 0 Å². The highest BCUT2D eigenvalue weighted by Crippen LogP contribution is 2.34. The van der Waals surface area contributed by atoms with Gasteiger partial charge in [-0.2, -0.15) is 0 Å². The summed E-state index contributed by atoms with van der Waals surface area (Å²) in [7, 11) is 0. The van der Waals surface area contributed by atoms with Crippen molar-refractivity contribution in [3.8, 4) is 10.4 Å². The normalized spacial score (nSPS) is 11.5. The van der Waals surface area contributed by atoms with Crippen molar-refractivity contribution in [1.82, 2.24) is 9.97 Å². The summed E-state index contributed by atoms with van der Waals surface area (Å²) in [5.41, 5.74) is 2.86. The monoisotopic (exact) mass is 438 g/mol. The minimum atomic E-state index is -0.380. The van der Waals surface area contributed by atoms with Crippen LogP contribution in [0.5, 0.6) is 0 Å². The molecule has 0 fully saturated rings. The summed E-state index contributed by atoms with van der Waals surface area (Å²) in [5.74, 6) is 0.503. The van der Waals surface area contributed by atoms with Gasteiger partial charge in [0.25, 0.3) is 5.56 Å². The second kappa shape index (κ2) is 7.29. The zero-order chi connectivity index (χ0) is 20.0. The van der Waals surface area contributed by atoms with Gasteiger partial charge in [-0.05, 0) is 35.6 Å². The van der Waals surface area contributed by atoms with Crippen LogP contribution in [0.3, 0.4) is 0 Å². The van der Waals surface area contributed by atoms with E-state index < -0.39 is 0 Å². The highest BCUT2D eigenvalue weighted by molar-refractivity contribution is 7.98. The molecule has 5 rings (SSSR count). The summed E-state index contributed by atoms with van der Waals surface area (Å²) in [6.07, 6.45) is 0. The molecule has 1 N–H and O–H groups in total. The third kappa shape index (κ3) is 3.43. The number of aryl methyl sites for hydroxylation is 1. The maximum absolute atomic E-state index is 12.7. The molecular weight excluding hydrogens is 424 g/mol. The first-order chi connectivity index (χ1) is 14.1. The van der Waals surface area contributed by atoms with Gasteiger partial charge in [0.1, 0.15) is 10.4 Å². The van der Waals surface area contributed by atoms with Gasteiger partial charge < -0.3 is 9.40 Å². The van der Waals surface area contributed by atoms with Gasteiger partial charge in [-0.15, -0.1) is 22.7 Å². The Labute approximate surface area is 177 Å². The van der Waals surface area contributed by atoms with Crippen molar-refractivity contribution >= 4 is 55.6 Å². The summed E-state index contributed by atoms with van der Waals surface area (Å²) in [6.45, 7) is 1.95. The van der Waals surface area contributed by atoms with Gasteiger partial charge in [-0.25, -0.2) is 9.78 Å². The Balaban J connectivity index is 1.50. The summed E-state index contributed by atoms with van der Waals surface area (Å²) in [5, 5.41) is 6.03. The number of aromatic amines is 1. The molecule has 0 aliphatic heterocycles. The Morgan fingerprint density at radius 3 is 2.90 bits per heavy atom. The van der Waals surface area contributed by atoms with Crippen LogP contribution in [0, 0.1) is 6.92 Å². The van der Waals surface area contributed by atoms with Crippen LogP contribution >= 0.6 is 34.4 Å². The standard InChI is InChI=1S/C21H14N2O3S3/c1-11-4-5-13-12(8-17(24)26-15(13)7-11)9-29-21-22-19(25)18-14(10-28-20(18)23-21)16-3-2-6-27-16/h2-8,10H,9H2,1H3,(H,22,23,25). The fourth-order valence-corrected chi connectivity index (χ4v) is 5.89. The maximum atomic E-state index is 12.7. The minimum Gasteiger partial charge on any atom is -0.423 e. The fourth-order valence-electron chi connectivity index (χ4n) is 3.21. The lowest BCUT2D eigenvalue weighted by atomic mass is 10.1. The molecule has 0 spiro atoms. The number of thiophene rings is 2. The van der Waals surface area contributed by atoms with Gasteiger partial charge in [0.05, 0.1) is 5.39 Å². The number of nitrogens with one attached hydrogen (secondary N) is 1. The van der Waals surface area contributed by atoms with Crippen LogP contribution in [-0.4, -0.2) is 9.97 Å². The molecule has 0 saturated heterocycles. The first kappa shape index (κ1) is 18.4. The van der Waals surface area contributed by atoms with Crippen LogP contribution in [0.1, 0.15) is 11.1 Å². The number of fused-ring (bicyclic) bond motifs is 2. The number of benzene rings is 1. The van der Waals surface area contributed by atoms with Crippen LogP contribution in [0.15, 0.2) is 66.3 Å². The van der Waals surface area contributed by atoms with Crippen LogP contribution in [-0.2, 0) is 5.75 Å². The lowest BCUT2D eigenvalue weighted by molar-refractivity contribution is 0.559. The van der Waals surface area contributed by atoms with Crippen molar-refractivity contribution in [2.45, 2.75) is 17.8 Å². The van der Waals surface area contributed by atoms with E-state index in [1.807, 2.05) is 48.0 Å². The summed E-state index contributed by atoms with van der Waals surface area (Å²) in [4.78, 5) is 33.9. The highest BCUT2D eigenvalue weighted by atomic mass is 32.2. The molecule has 0 unspecified atom stereocenters. The van der Waals surface area contributed by atoms with Gasteiger partial charge in [-0.1, -0.05) is 30.0 Å². The van der Waals surface area contributed by atoms with Crippen LogP contribution < -0.4 is 11.2 Å². The molecule has 0 saturated carbocycles. The van der Waals surface area contributed by atoms with Gasteiger partial charge in [0, 0.05) is 33.0 Å². The Hall–Kier alpha value is -2.68. The Morgan fingerprint density at radius 1 is 1.17 bits per heavy atom. The molecule has 29 heavy (non-hydrogen) atoms. The Bertz CT molecular complexity index is 1460. The zero-order valence-corrected chi connectivity index (χ0v) is 17.7. The zero-order valence-electron chi connectivity index (χ0n) is 15.2. The molecule has 8 heteroatoms. The number of hydrogen-bond donors (Lipinski definition) is 1. The summed E-state index contributed by atoms with van der Waals surface area (Å²) < 4.78 is 5.31. The maximum Gasteiger partial charge on any atom is 0.336 e. The average molecular weight is 439 g/mol. The van der Waals surface area contributed by atoms with Crippen LogP contribution in [0.25, 0.3) is 31.6 Å². The van der Waals surface area contributed by atoms with E-state index in [0.29, 0.717) is 26.7 Å². The quantitative estimate of drug-likeness (QED) is 0.230. The number of thioether (sulfide) groups is 1. The van der Waals surface area contributed by atoms with E-state index in [4.69, 9.17) is 4.42 Å². The van der Waals surface area contributed by atoms with E-state index in [1.165, 1.54) is 29.2 Å². The molecule has 0 bridgehead atoms. The molecule has 4 heterocycles. The first-order valence-electron chi connectivity index (χ1n) is 8.80. The van der Waals surface area contributed by atoms with E-state index in [1.54, 1.807) is 11.3 Å². The molecule has 1 aromatic carbocycles. The van der Waals surface area contributed by atoms with E-state index in [0.717, 1.165) is 27.0 Å². The predicted octanol–water partition coefficient (Wildman–Crippen LogP) is 5.42. The van der Waals surface area contributed by atoms with Crippen molar-refractivity contribution in [1.29, 1.82) is 0 Å². The van der Waals surface area contributed by atoms with Crippen LogP contribution in [0.2, 0.25) is 0 Å². The molecule has 4 aromatic heterocycles. The van der Waals surface area contributed by atoms with Gasteiger partial charge in [-0.3, -0.25) is 4.79 Å². The van der Waals surface area contributed by atoms with Crippen molar-refractivity contribution in [3.05, 3.63) is 79.1 Å². The largest absolute Gasteiger partial charge is 0.423 e. The molecule has 0 aliphatic rings. The lowest BCUT2D eigenvalue weighted by Crippen LogP contribution is -2.08. The van der Waals surface area contributed by atoms with E-state index in [-0.39, 0.29) is 11.2 Å². The SMILES string of the molecule is Cc1ccc2c(CSc3nc4scc(-c5cccs5)c4c(=O)[nH]3)cc(=O)oc2c1. The van der Waals surface area contributed by atoms with E-state index in [2.05, 4.69) is 9.97 Å². The van der Waals surface area contributed by atoms with Crippen molar-refractivity contribution in [3.63, 3.8) is 0 Å². The molecule has 5 aromatic rings. The fraction of sp³-hybridized carbons (Fsp3) is 0.0952. The summed E-state index contributed by atoms with van der Waals surface area (Å²) >= 11 is 4.47. The lowest BCUT2D eigenvalue weighted by Gasteiger charge is -2.06. The van der Waals surface area contributed by atoms with Gasteiger partial charge >= 0.3 is 5.63 Å². The number of rotatable bonds is 4. The van der Waals surface area contributed by atoms with Crippen LogP contribution in [0.4, 0.5) is 0 Å². The first-order valence-corrected chi connectivity index (χ1v) is 11.5. The molecule has 144 valence electrons. The average Bonchev–Trinajstić information content (AvgIpc) is 3.35. The van der Waals surface area contributed by atoms with Crippen molar-refractivity contribution < 1.29 is 4.42 Å². The molecule has 0 aliphatic carbocycles. The van der Waals surface area contributed by atoms with E-state index in [9.17, 15) is 9.59 Å². The van der Waals surface area contributed by atoms with Crippen molar-refractivity contribution in [2.24, 2.45) is 0 Å². The molecular formula is C21H14N2O3S3. The molecule has 5 nitrogen and oxygen atoms in total. The number of hydrogen-bond acceptors (Lipinski definition) is 7. The Morgan fingerprint density at radius 2 is 2.07 bits per heavy atom. The smallest absolute Gasteiger partial charge is 0.336 e. The highest BCUT2D eigenvalue weighted by Gasteiger charge is 2.14. The second-order valence-corrected chi connectivity index (χ2v) is 9.33. The Kier molecular flexibility index (Phi) is 4.61. The molecule has 0 amide bonds. The number of H-pyrrole nitrogens is 1. The third-order valence-corrected chi connectivity index (χ3v) is 7.26. The molecule has 0 radical (unpaired) electrons. The summed E-state index contributed by atoms with van der Waals surface area (Å²) in [6, 6.07) is 11.3. The second-order valence-electron chi connectivity index (χ2n) is 6.56. The predicted molar refractivity (Wildman–Crippen MR) is 120 cm³/mol. The van der Waals surface area contributed by atoms with Gasteiger partial charge in [0.2, 0.25) is 0 Å². The molecule has 0 atom stereocenters.